The molecule has 0 unspecified atom stereocenters. The molecule has 1 aromatic rings. The zero-order valence-electron chi connectivity index (χ0n) is 24.5. The molecule has 1 saturated carbocycles. The summed E-state index contributed by atoms with van der Waals surface area (Å²) in [5.74, 6) is -2.81. The zero-order valence-corrected chi connectivity index (χ0v) is 26.6. The maximum Gasteiger partial charge on any atom is 0.326 e. The Morgan fingerprint density at radius 3 is 2.23 bits per heavy atom. The molecule has 3 atom stereocenters. The fraction of sp³-hybridized carbons (Fsp3) is 0.586. The van der Waals surface area contributed by atoms with Gasteiger partial charge < -0.3 is 42.0 Å². The van der Waals surface area contributed by atoms with Crippen LogP contribution in [0.5, 0.6) is 0 Å². The summed E-state index contributed by atoms with van der Waals surface area (Å²) in [7, 11) is 0. The number of carboxylic acids is 2. The molecule has 0 aromatic heterocycles. The van der Waals surface area contributed by atoms with E-state index in [4.69, 9.17) is 15.6 Å². The van der Waals surface area contributed by atoms with E-state index in [9.17, 15) is 33.9 Å². The van der Waals surface area contributed by atoms with Gasteiger partial charge in [0.25, 0.3) is 6.47 Å². The van der Waals surface area contributed by atoms with Crippen LogP contribution < -0.4 is 27.0 Å². The average Bonchev–Trinajstić information content (AvgIpc) is 2.99. The van der Waals surface area contributed by atoms with Crippen LogP contribution in [0.25, 0.3) is 0 Å². The second-order valence-electron chi connectivity index (χ2n) is 10.8. The normalized spacial score (nSPS) is 18.1. The standard InChI is InChI=1S/C29H42IN5O9/c30-21-10-6-18(7-11-21)15-23(33-26(39)20-8-4-19(16-31)5-9-20)27(40)32-14-2-1-3-24(44-17-36)35-29(43)34-22(28(41)42)12-13-25(37)38/h6-7,10-11,17,19-20,22-24H,1-5,8-9,12-16,31H2,(H,32,40)(H,33,39)(H,37,38)(H,41,42)(H2,34,35,43)/t19?,20?,22-,23-,24+/m0/s1. The lowest BCUT2D eigenvalue weighted by Gasteiger charge is -2.28. The van der Waals surface area contributed by atoms with Gasteiger partial charge in [-0.05, 0) is 97.7 Å². The molecule has 0 bridgehead atoms. The third-order valence-electron chi connectivity index (χ3n) is 7.49. The van der Waals surface area contributed by atoms with E-state index >= 15 is 0 Å². The minimum absolute atomic E-state index is 0.141. The second-order valence-corrected chi connectivity index (χ2v) is 12.0. The molecule has 244 valence electrons. The molecular formula is C29H42IN5O9. The number of carboxylic acid groups (broad SMARTS) is 2. The molecule has 0 radical (unpaired) electrons. The van der Waals surface area contributed by atoms with Crippen LogP contribution in [0.3, 0.4) is 0 Å². The van der Waals surface area contributed by atoms with Crippen LogP contribution in [0.4, 0.5) is 4.79 Å². The monoisotopic (exact) mass is 731 g/mol. The summed E-state index contributed by atoms with van der Waals surface area (Å²) < 4.78 is 5.92. The fourth-order valence-electron chi connectivity index (χ4n) is 4.92. The molecule has 44 heavy (non-hydrogen) atoms. The number of hydrogen-bond donors (Lipinski definition) is 7. The Morgan fingerprint density at radius 1 is 0.955 bits per heavy atom. The first-order valence-electron chi connectivity index (χ1n) is 14.7. The van der Waals surface area contributed by atoms with Crippen molar-refractivity contribution in [1.82, 2.24) is 21.3 Å². The van der Waals surface area contributed by atoms with Gasteiger partial charge in [0.15, 0.2) is 6.23 Å². The number of urea groups is 1. The molecule has 0 saturated heterocycles. The number of unbranched alkanes of at least 4 members (excludes halogenated alkanes) is 1. The highest BCUT2D eigenvalue weighted by atomic mass is 127. The number of aliphatic carboxylic acids is 2. The molecule has 1 fully saturated rings. The van der Waals surface area contributed by atoms with Gasteiger partial charge in [-0.15, -0.1) is 0 Å². The number of ether oxygens (including phenoxy) is 1. The molecule has 0 aliphatic heterocycles. The van der Waals surface area contributed by atoms with E-state index in [1.54, 1.807) is 0 Å². The second kappa shape index (κ2) is 19.7. The molecule has 4 amide bonds. The first kappa shape index (κ1) is 36.7. The van der Waals surface area contributed by atoms with E-state index in [1.165, 1.54) is 0 Å². The largest absolute Gasteiger partial charge is 0.481 e. The molecule has 8 N–H and O–H groups in total. The number of hydrogen-bond acceptors (Lipinski definition) is 8. The minimum atomic E-state index is -1.44. The number of nitrogens with one attached hydrogen (secondary N) is 4. The molecule has 0 heterocycles. The van der Waals surface area contributed by atoms with E-state index in [-0.39, 0.29) is 43.6 Å². The third-order valence-corrected chi connectivity index (χ3v) is 8.21. The summed E-state index contributed by atoms with van der Waals surface area (Å²) in [5.41, 5.74) is 6.68. The lowest BCUT2D eigenvalue weighted by Crippen LogP contribution is -2.50. The molecule has 1 aromatic carbocycles. The summed E-state index contributed by atoms with van der Waals surface area (Å²) in [5, 5.41) is 28.2. The van der Waals surface area contributed by atoms with Gasteiger partial charge in [0.1, 0.15) is 12.1 Å². The third kappa shape index (κ3) is 13.9. The molecule has 0 spiro atoms. The predicted octanol–water partition coefficient (Wildman–Crippen LogP) is 1.49. The molecule has 14 nitrogen and oxygen atoms in total. The van der Waals surface area contributed by atoms with Crippen molar-refractivity contribution in [2.45, 2.75) is 82.5 Å². The minimum Gasteiger partial charge on any atom is -0.481 e. The lowest BCUT2D eigenvalue weighted by atomic mass is 9.81. The Bertz CT molecular complexity index is 1110. The van der Waals surface area contributed by atoms with Gasteiger partial charge in [0, 0.05) is 35.3 Å². The SMILES string of the molecule is NCC1CCC(C(=O)N[C@@H](Cc2ccc(I)cc2)C(=O)NCCCC[C@H](NC(=O)N[C@@H](CCC(=O)O)C(=O)O)OC=O)CC1. The maximum absolute atomic E-state index is 13.2. The number of halogens is 1. The van der Waals surface area contributed by atoms with Crippen LogP contribution in [0, 0.1) is 15.4 Å². The first-order chi connectivity index (χ1) is 21.0. The summed E-state index contributed by atoms with van der Waals surface area (Å²) >= 11 is 2.20. The quantitative estimate of drug-likeness (QED) is 0.0470. The van der Waals surface area contributed by atoms with Gasteiger partial charge in [-0.25, -0.2) is 9.59 Å². The summed E-state index contributed by atoms with van der Waals surface area (Å²) in [4.78, 5) is 71.4. The average molecular weight is 732 g/mol. The van der Waals surface area contributed by atoms with Crippen LogP contribution in [-0.4, -0.2) is 77.9 Å². The van der Waals surface area contributed by atoms with Gasteiger partial charge in [-0.3, -0.25) is 19.2 Å². The Labute approximate surface area is 269 Å². The molecule has 2 rings (SSSR count). The lowest BCUT2D eigenvalue weighted by molar-refractivity contribution is -0.141. The number of nitrogens with two attached hydrogens (primary N) is 1. The highest BCUT2D eigenvalue weighted by Gasteiger charge is 2.29. The van der Waals surface area contributed by atoms with Crippen molar-refractivity contribution in [3.05, 3.63) is 33.4 Å². The highest BCUT2D eigenvalue weighted by Crippen LogP contribution is 2.28. The van der Waals surface area contributed by atoms with E-state index in [2.05, 4.69) is 43.9 Å². The number of benzene rings is 1. The molecule has 1 aliphatic rings. The topological polar surface area (TPSA) is 226 Å². The van der Waals surface area contributed by atoms with Crippen molar-refractivity contribution >= 4 is 58.8 Å². The van der Waals surface area contributed by atoms with Crippen LogP contribution in [0.1, 0.15) is 63.4 Å². The van der Waals surface area contributed by atoms with Gasteiger partial charge in [-0.2, -0.15) is 0 Å². The fourth-order valence-corrected chi connectivity index (χ4v) is 5.28. The van der Waals surface area contributed by atoms with Crippen LogP contribution in [0.2, 0.25) is 0 Å². The van der Waals surface area contributed by atoms with Gasteiger partial charge >= 0.3 is 18.0 Å². The Balaban J connectivity index is 1.87. The van der Waals surface area contributed by atoms with Crippen molar-refractivity contribution in [2.75, 3.05) is 13.1 Å². The van der Waals surface area contributed by atoms with Gasteiger partial charge in [0.2, 0.25) is 11.8 Å². The van der Waals surface area contributed by atoms with Gasteiger partial charge in [0.05, 0.1) is 0 Å². The first-order valence-corrected chi connectivity index (χ1v) is 15.7. The van der Waals surface area contributed by atoms with E-state index in [1.807, 2.05) is 24.3 Å². The molecule has 15 heteroatoms. The van der Waals surface area contributed by atoms with E-state index in [0.29, 0.717) is 31.7 Å². The summed E-state index contributed by atoms with van der Waals surface area (Å²) in [6, 6.07) is 4.56. The Hall–Kier alpha value is -3.47. The molecular weight excluding hydrogens is 689 g/mol. The van der Waals surface area contributed by atoms with Crippen LogP contribution in [-0.2, 0) is 35.1 Å². The van der Waals surface area contributed by atoms with Crippen molar-refractivity contribution in [1.29, 1.82) is 0 Å². The number of rotatable bonds is 19. The van der Waals surface area contributed by atoms with Gasteiger partial charge in [-0.1, -0.05) is 12.1 Å². The van der Waals surface area contributed by atoms with Crippen LogP contribution in [0.15, 0.2) is 24.3 Å². The number of amides is 4. The predicted molar refractivity (Wildman–Crippen MR) is 167 cm³/mol. The van der Waals surface area contributed by atoms with Crippen molar-refractivity contribution in [3.63, 3.8) is 0 Å². The number of carbonyl (C=O) groups excluding carboxylic acids is 4. The highest BCUT2D eigenvalue weighted by molar-refractivity contribution is 14.1. The van der Waals surface area contributed by atoms with Crippen molar-refractivity contribution < 1.29 is 43.7 Å². The smallest absolute Gasteiger partial charge is 0.326 e. The van der Waals surface area contributed by atoms with Crippen molar-refractivity contribution in [3.8, 4) is 0 Å². The molecule has 1 aliphatic carbocycles. The number of carbonyl (C=O) groups is 6. The summed E-state index contributed by atoms with van der Waals surface area (Å²) in [6.45, 7) is 1.01. The van der Waals surface area contributed by atoms with Crippen molar-refractivity contribution in [2.24, 2.45) is 17.6 Å². The summed E-state index contributed by atoms with van der Waals surface area (Å²) in [6.07, 6.45) is 2.77. The van der Waals surface area contributed by atoms with E-state index < -0.39 is 42.7 Å². The Kier molecular flexibility index (Phi) is 16.5. The van der Waals surface area contributed by atoms with Crippen LogP contribution >= 0.6 is 22.6 Å². The Morgan fingerprint density at radius 2 is 1.64 bits per heavy atom. The van der Waals surface area contributed by atoms with E-state index in [0.717, 1.165) is 34.8 Å². The zero-order chi connectivity index (χ0) is 32.5. The maximum atomic E-state index is 13.2.